The Morgan fingerprint density at radius 2 is 2.22 bits per heavy atom. The summed E-state index contributed by atoms with van der Waals surface area (Å²) in [6.45, 7) is 6.01. The predicted molar refractivity (Wildman–Crippen MR) is 98.7 cm³/mol. The number of halogens is 1. The van der Waals surface area contributed by atoms with Gasteiger partial charge < -0.3 is 17.6 Å². The van der Waals surface area contributed by atoms with Gasteiger partial charge in [-0.2, -0.15) is 4.57 Å². The van der Waals surface area contributed by atoms with E-state index < -0.39 is 6.04 Å². The van der Waals surface area contributed by atoms with Gasteiger partial charge in [0.25, 0.3) is 0 Å². The number of carbonyl (C=O) groups excluding carboxylic acids is 1. The van der Waals surface area contributed by atoms with Crippen LogP contribution in [0.2, 0.25) is 0 Å². The van der Waals surface area contributed by atoms with E-state index in [1.54, 1.807) is 18.2 Å². The molecule has 0 aliphatic heterocycles. The lowest BCUT2D eigenvalue weighted by Gasteiger charge is -2.18. The Hall–Kier alpha value is -1.85. The van der Waals surface area contributed by atoms with E-state index in [9.17, 15) is 4.79 Å². The van der Waals surface area contributed by atoms with Crippen LogP contribution >= 0.6 is 15.9 Å². The Balaban J connectivity index is 2.48. The maximum absolute atomic E-state index is 13.0. The molecule has 5 heteroatoms. The quantitative estimate of drug-likeness (QED) is 0.189. The first-order valence-corrected chi connectivity index (χ1v) is 8.32. The van der Waals surface area contributed by atoms with Gasteiger partial charge in [-0.15, -0.1) is 6.58 Å². The van der Waals surface area contributed by atoms with Crippen molar-refractivity contribution in [3.8, 4) is 0 Å². The summed E-state index contributed by atoms with van der Waals surface area (Å²) in [5.74, 6) is -0.0836. The fourth-order valence-electron chi connectivity index (χ4n) is 2.19. The molecular weight excluding hydrogens is 372 g/mol. The number of rotatable bonds is 6. The number of hydrogen-bond acceptors (Lipinski definition) is 3. The van der Waals surface area contributed by atoms with Gasteiger partial charge in [-0.05, 0) is 30.2 Å². The summed E-state index contributed by atoms with van der Waals surface area (Å²) in [6, 6.07) is 10.5. The molecule has 0 spiro atoms. The van der Waals surface area contributed by atoms with Crippen molar-refractivity contribution in [3.05, 3.63) is 77.0 Å². The lowest BCUT2D eigenvalue weighted by molar-refractivity contribution is -0.692. The second kappa shape index (κ2) is 8.13. The molecule has 0 aliphatic rings. The topological polar surface area (TPSA) is 33.3 Å². The molecule has 118 valence electrons. The number of pyridine rings is 1. The van der Waals surface area contributed by atoms with Gasteiger partial charge in [0.2, 0.25) is 11.8 Å². The monoisotopic (exact) mass is 388 g/mol. The summed E-state index contributed by atoms with van der Waals surface area (Å²) in [6.07, 6.45) is 5.40. The lowest BCUT2D eigenvalue weighted by atomic mass is 10.0. The molecule has 0 saturated heterocycles. The highest BCUT2D eigenvalue weighted by atomic mass is 79.9. The molecule has 23 heavy (non-hydrogen) atoms. The van der Waals surface area contributed by atoms with Crippen molar-refractivity contribution in [3.63, 3.8) is 0 Å². The van der Waals surface area contributed by atoms with E-state index in [1.165, 1.54) is 0 Å². The summed E-state index contributed by atoms with van der Waals surface area (Å²) in [5, 5.41) is 0.352. The van der Waals surface area contributed by atoms with Crippen LogP contribution in [0.25, 0.3) is 0 Å². The highest BCUT2D eigenvalue weighted by Gasteiger charge is 2.28. The second-order valence-electron chi connectivity index (χ2n) is 5.07. The van der Waals surface area contributed by atoms with Crippen LogP contribution in [0.4, 0.5) is 0 Å². The minimum atomic E-state index is -0.640. The molecule has 0 amide bonds. The van der Waals surface area contributed by atoms with Crippen LogP contribution in [-0.4, -0.2) is 17.4 Å². The molecule has 1 atom stereocenters. The van der Waals surface area contributed by atoms with Crippen LogP contribution < -0.4 is 4.57 Å². The zero-order valence-corrected chi connectivity index (χ0v) is 15.2. The Morgan fingerprint density at radius 1 is 1.43 bits per heavy atom. The number of benzene rings is 1. The number of aromatic nitrogens is 1. The number of hydrogen-bond donors (Lipinski definition) is 0. The fraction of sp³-hybridized carbons (Fsp3) is 0.167. The van der Waals surface area contributed by atoms with Crippen molar-refractivity contribution in [2.24, 2.45) is 4.99 Å². The average molecular weight is 389 g/mol. The fourth-order valence-corrected chi connectivity index (χ4v) is 2.89. The van der Waals surface area contributed by atoms with Crippen molar-refractivity contribution < 1.29 is 9.36 Å². The van der Waals surface area contributed by atoms with E-state index in [1.807, 2.05) is 48.1 Å². The SMILES string of the molecule is C=CCN=C([S-])[C@H](C(=O)c1cccc(Br)c1)[n+]1cccc(C)c1. The Labute approximate surface area is 150 Å². The van der Waals surface area contributed by atoms with Crippen molar-refractivity contribution in [1.29, 1.82) is 0 Å². The number of aliphatic imine (C=N–C) groups is 1. The third-order valence-corrected chi connectivity index (χ3v) is 4.08. The van der Waals surface area contributed by atoms with E-state index in [0.717, 1.165) is 10.0 Å². The van der Waals surface area contributed by atoms with Crippen LogP contribution in [0.3, 0.4) is 0 Å². The number of ketones is 1. The Morgan fingerprint density at radius 3 is 2.87 bits per heavy atom. The molecule has 3 nitrogen and oxygen atoms in total. The molecule has 1 heterocycles. The smallest absolute Gasteiger partial charge is 0.237 e. The van der Waals surface area contributed by atoms with Crippen molar-refractivity contribution >= 4 is 39.4 Å². The van der Waals surface area contributed by atoms with Gasteiger partial charge in [-0.25, -0.2) is 0 Å². The van der Waals surface area contributed by atoms with E-state index in [0.29, 0.717) is 17.2 Å². The summed E-state index contributed by atoms with van der Waals surface area (Å²) in [5.41, 5.74) is 1.64. The number of carbonyl (C=O) groups is 1. The molecule has 0 saturated carbocycles. The summed E-state index contributed by atoms with van der Waals surface area (Å²) >= 11 is 8.81. The van der Waals surface area contributed by atoms with Gasteiger partial charge >= 0.3 is 0 Å². The van der Waals surface area contributed by atoms with Crippen molar-refractivity contribution in [1.82, 2.24) is 0 Å². The average Bonchev–Trinajstić information content (AvgIpc) is 2.53. The van der Waals surface area contributed by atoms with E-state index >= 15 is 0 Å². The first-order chi connectivity index (χ1) is 11.0. The van der Waals surface area contributed by atoms with Crippen LogP contribution in [0.1, 0.15) is 22.0 Å². The largest absolute Gasteiger partial charge is 0.758 e. The molecule has 0 N–H and O–H groups in total. The van der Waals surface area contributed by atoms with Crippen molar-refractivity contribution in [2.45, 2.75) is 13.0 Å². The van der Waals surface area contributed by atoms with E-state index in [-0.39, 0.29) is 5.78 Å². The standard InChI is InChI=1S/C18H17BrN2OS/c1-3-9-20-18(23)16(21-10-5-6-13(2)12-21)17(22)14-7-4-8-15(19)11-14/h3-8,10-12,16H,1,9H2,2H3/t16-/m0/s1. The lowest BCUT2D eigenvalue weighted by Crippen LogP contribution is -2.48. The van der Waals surface area contributed by atoms with Gasteiger partial charge in [-0.1, -0.05) is 34.1 Å². The van der Waals surface area contributed by atoms with Gasteiger partial charge in [0, 0.05) is 21.7 Å². The maximum Gasteiger partial charge on any atom is 0.237 e. The molecule has 0 unspecified atom stereocenters. The zero-order chi connectivity index (χ0) is 16.8. The summed E-state index contributed by atoms with van der Waals surface area (Å²) in [4.78, 5) is 17.3. The molecule has 1 aromatic carbocycles. The maximum atomic E-state index is 13.0. The first kappa shape index (κ1) is 17.5. The van der Waals surface area contributed by atoms with Crippen LogP contribution in [0, 0.1) is 6.92 Å². The number of aryl methyl sites for hydroxylation is 1. The third-order valence-electron chi connectivity index (χ3n) is 3.24. The van der Waals surface area contributed by atoms with E-state index in [2.05, 4.69) is 27.5 Å². The molecule has 0 fully saturated rings. The Kier molecular flexibility index (Phi) is 6.19. The first-order valence-electron chi connectivity index (χ1n) is 7.12. The van der Waals surface area contributed by atoms with E-state index in [4.69, 9.17) is 12.6 Å². The minimum Gasteiger partial charge on any atom is -0.758 e. The molecule has 0 aliphatic carbocycles. The van der Waals surface area contributed by atoms with Crippen LogP contribution in [0.5, 0.6) is 0 Å². The van der Waals surface area contributed by atoms with Gasteiger partial charge in [0.1, 0.15) is 0 Å². The van der Waals surface area contributed by atoms with Gasteiger partial charge in [0.05, 0.1) is 6.54 Å². The highest BCUT2D eigenvalue weighted by molar-refractivity contribution is 9.10. The molecule has 0 radical (unpaired) electrons. The van der Waals surface area contributed by atoms with Gasteiger partial charge in [-0.3, -0.25) is 4.79 Å². The minimum absolute atomic E-state index is 0.0836. The molecular formula is C18H17BrN2OS. The van der Waals surface area contributed by atoms with Crippen molar-refractivity contribution in [2.75, 3.05) is 6.54 Å². The number of Topliss-reactive ketones (excluding diaryl/α,β-unsaturated/α-hetero) is 1. The van der Waals surface area contributed by atoms with Gasteiger partial charge in [0.15, 0.2) is 12.4 Å². The third kappa shape index (κ3) is 4.56. The second-order valence-corrected chi connectivity index (χ2v) is 6.41. The van der Waals surface area contributed by atoms with Crippen LogP contribution in [0.15, 0.2) is 70.9 Å². The van der Waals surface area contributed by atoms with Crippen LogP contribution in [-0.2, 0) is 12.6 Å². The molecule has 2 rings (SSSR count). The summed E-state index contributed by atoms with van der Waals surface area (Å²) < 4.78 is 2.67. The Bertz CT molecular complexity index is 758. The normalized spacial score (nSPS) is 12.7. The number of nitrogens with zero attached hydrogens (tertiary/aromatic N) is 2. The predicted octanol–water partition coefficient (Wildman–Crippen LogP) is 3.60. The molecule has 0 bridgehead atoms. The molecule has 2 aromatic rings. The summed E-state index contributed by atoms with van der Waals surface area (Å²) in [7, 11) is 0. The molecule has 1 aromatic heterocycles. The highest BCUT2D eigenvalue weighted by Crippen LogP contribution is 2.16. The zero-order valence-electron chi connectivity index (χ0n) is 12.8.